The minimum absolute atomic E-state index is 0.0186. The second kappa shape index (κ2) is 2.68. The number of Topliss-reactive ketones (excluding diaryl/α,β-unsaturated/α-hetero) is 1. The lowest BCUT2D eigenvalue weighted by Gasteiger charge is -1.97. The van der Waals surface area contributed by atoms with Crippen LogP contribution < -0.4 is 5.32 Å². The number of ketones is 1. The zero-order chi connectivity index (χ0) is 7.72. The van der Waals surface area contributed by atoms with E-state index in [1.54, 1.807) is 7.05 Å². The molecule has 1 heterocycles. The molecule has 0 aromatic rings. The Morgan fingerprint density at radius 1 is 1.60 bits per heavy atom. The Labute approximate surface area is 60.7 Å². The van der Waals surface area contributed by atoms with Crippen molar-refractivity contribution >= 4 is 5.78 Å². The van der Waals surface area contributed by atoms with Gasteiger partial charge < -0.3 is 4.74 Å². The van der Waals surface area contributed by atoms with Gasteiger partial charge in [-0.15, -0.1) is 0 Å². The predicted octanol–water partition coefficient (Wildman–Crippen LogP) is 0.156. The average molecular weight is 143 g/mol. The van der Waals surface area contributed by atoms with Crippen LogP contribution in [0.15, 0.2) is 0 Å². The van der Waals surface area contributed by atoms with Crippen LogP contribution in [-0.4, -0.2) is 25.2 Å². The Morgan fingerprint density at radius 2 is 2.20 bits per heavy atom. The van der Waals surface area contributed by atoms with Gasteiger partial charge in [0.1, 0.15) is 6.23 Å². The summed E-state index contributed by atoms with van der Waals surface area (Å²) in [6, 6.07) is 0. The molecule has 1 N–H and O–H groups in total. The van der Waals surface area contributed by atoms with Crippen molar-refractivity contribution < 1.29 is 9.53 Å². The number of epoxide rings is 1. The number of nitrogens with one attached hydrogen (secondary N) is 1. The van der Waals surface area contributed by atoms with Gasteiger partial charge in [0, 0.05) is 5.92 Å². The molecule has 1 saturated heterocycles. The molecule has 0 spiro atoms. The van der Waals surface area contributed by atoms with Gasteiger partial charge in [0.05, 0.1) is 0 Å². The molecule has 1 aliphatic heterocycles. The van der Waals surface area contributed by atoms with Crippen LogP contribution in [0.2, 0.25) is 0 Å². The van der Waals surface area contributed by atoms with Crippen LogP contribution in [0, 0.1) is 5.92 Å². The Bertz CT molecular complexity index is 145. The van der Waals surface area contributed by atoms with E-state index in [2.05, 4.69) is 5.32 Å². The van der Waals surface area contributed by atoms with Crippen LogP contribution in [0.5, 0.6) is 0 Å². The minimum Gasteiger partial charge on any atom is -0.345 e. The van der Waals surface area contributed by atoms with Crippen LogP contribution in [-0.2, 0) is 9.53 Å². The molecular formula is C7H13NO2. The molecule has 2 atom stereocenters. The Kier molecular flexibility index (Phi) is 2.06. The third-order valence-electron chi connectivity index (χ3n) is 1.63. The molecule has 0 aromatic carbocycles. The standard InChI is InChI=1S/C7H13NO2/c1-4(2)5(9)6-7(8-3)10-6/h4,6-8H,1-3H3. The molecule has 1 aliphatic rings. The fraction of sp³-hybridized carbons (Fsp3) is 0.857. The first-order valence-electron chi connectivity index (χ1n) is 3.53. The molecule has 58 valence electrons. The SMILES string of the molecule is CNC1OC1C(=O)C(C)C. The van der Waals surface area contributed by atoms with Crippen molar-refractivity contribution in [2.24, 2.45) is 5.92 Å². The van der Waals surface area contributed by atoms with Gasteiger partial charge in [-0.25, -0.2) is 0 Å². The van der Waals surface area contributed by atoms with E-state index in [1.807, 2.05) is 13.8 Å². The number of ether oxygens (including phenoxy) is 1. The Morgan fingerprint density at radius 3 is 2.50 bits per heavy atom. The van der Waals surface area contributed by atoms with Crippen molar-refractivity contribution in [2.75, 3.05) is 7.05 Å². The summed E-state index contributed by atoms with van der Waals surface area (Å²) in [6.07, 6.45) is -0.195. The van der Waals surface area contributed by atoms with Crippen molar-refractivity contribution in [1.29, 1.82) is 0 Å². The second-order valence-corrected chi connectivity index (χ2v) is 2.82. The molecule has 0 radical (unpaired) electrons. The van der Waals surface area contributed by atoms with Gasteiger partial charge in [0.2, 0.25) is 0 Å². The van der Waals surface area contributed by atoms with Crippen LogP contribution in [0.4, 0.5) is 0 Å². The summed E-state index contributed by atoms with van der Waals surface area (Å²) in [7, 11) is 1.79. The highest BCUT2D eigenvalue weighted by Gasteiger charge is 2.44. The van der Waals surface area contributed by atoms with Crippen molar-refractivity contribution in [3.63, 3.8) is 0 Å². The fourth-order valence-electron chi connectivity index (χ4n) is 0.877. The van der Waals surface area contributed by atoms with E-state index < -0.39 is 0 Å². The maximum atomic E-state index is 11.1. The summed E-state index contributed by atoms with van der Waals surface area (Å²) in [6.45, 7) is 3.77. The molecule has 0 aromatic heterocycles. The van der Waals surface area contributed by atoms with Crippen LogP contribution in [0.3, 0.4) is 0 Å². The lowest BCUT2D eigenvalue weighted by atomic mass is 10.1. The van der Waals surface area contributed by atoms with Gasteiger partial charge in [-0.2, -0.15) is 0 Å². The molecule has 10 heavy (non-hydrogen) atoms. The van der Waals surface area contributed by atoms with Gasteiger partial charge in [0.25, 0.3) is 0 Å². The largest absolute Gasteiger partial charge is 0.345 e. The summed E-state index contributed by atoms with van der Waals surface area (Å²) in [4.78, 5) is 11.1. The highest BCUT2D eigenvalue weighted by atomic mass is 16.6. The highest BCUT2D eigenvalue weighted by molar-refractivity contribution is 5.87. The average Bonchev–Trinajstić information content (AvgIpc) is 2.64. The van der Waals surface area contributed by atoms with Crippen molar-refractivity contribution in [3.05, 3.63) is 0 Å². The van der Waals surface area contributed by atoms with E-state index in [0.717, 1.165) is 0 Å². The van der Waals surface area contributed by atoms with E-state index in [-0.39, 0.29) is 24.0 Å². The first-order chi connectivity index (χ1) is 4.66. The van der Waals surface area contributed by atoms with Gasteiger partial charge in [0.15, 0.2) is 11.9 Å². The quantitative estimate of drug-likeness (QED) is 0.572. The summed E-state index contributed by atoms with van der Waals surface area (Å²) in [5.74, 6) is 0.280. The lowest BCUT2D eigenvalue weighted by Crippen LogP contribution is -2.22. The van der Waals surface area contributed by atoms with E-state index >= 15 is 0 Å². The molecule has 3 nitrogen and oxygen atoms in total. The summed E-state index contributed by atoms with van der Waals surface area (Å²) >= 11 is 0. The van der Waals surface area contributed by atoms with E-state index in [0.29, 0.717) is 0 Å². The normalized spacial score (nSPS) is 30.8. The molecule has 0 saturated carbocycles. The third kappa shape index (κ3) is 1.36. The molecule has 1 fully saturated rings. The van der Waals surface area contributed by atoms with Gasteiger partial charge in [-0.1, -0.05) is 13.8 Å². The maximum Gasteiger partial charge on any atom is 0.168 e. The molecular weight excluding hydrogens is 130 g/mol. The van der Waals surface area contributed by atoms with Gasteiger partial charge in [-0.05, 0) is 7.05 Å². The zero-order valence-electron chi connectivity index (χ0n) is 6.55. The summed E-state index contributed by atoms with van der Waals surface area (Å²) in [5, 5.41) is 2.88. The number of rotatable bonds is 3. The molecule has 1 rings (SSSR count). The maximum absolute atomic E-state index is 11.1. The van der Waals surface area contributed by atoms with Crippen LogP contribution in [0.25, 0.3) is 0 Å². The smallest absolute Gasteiger partial charge is 0.168 e. The Balaban J connectivity index is 2.33. The number of carbonyl (C=O) groups excluding carboxylic acids is 1. The predicted molar refractivity (Wildman–Crippen MR) is 37.6 cm³/mol. The Hall–Kier alpha value is -0.410. The molecule has 3 heteroatoms. The van der Waals surface area contributed by atoms with Crippen molar-refractivity contribution in [1.82, 2.24) is 5.32 Å². The topological polar surface area (TPSA) is 41.6 Å². The first kappa shape index (κ1) is 7.69. The van der Waals surface area contributed by atoms with E-state index in [9.17, 15) is 4.79 Å². The van der Waals surface area contributed by atoms with Crippen molar-refractivity contribution in [3.8, 4) is 0 Å². The number of carbonyl (C=O) groups is 1. The molecule has 0 amide bonds. The highest BCUT2D eigenvalue weighted by Crippen LogP contribution is 2.22. The van der Waals surface area contributed by atoms with Gasteiger partial charge in [-0.3, -0.25) is 10.1 Å². The first-order valence-corrected chi connectivity index (χ1v) is 3.53. The molecule has 2 unspecified atom stereocenters. The zero-order valence-corrected chi connectivity index (χ0v) is 6.55. The second-order valence-electron chi connectivity index (χ2n) is 2.82. The van der Waals surface area contributed by atoms with E-state index in [4.69, 9.17) is 4.74 Å². The fourth-order valence-corrected chi connectivity index (χ4v) is 0.877. The van der Waals surface area contributed by atoms with Gasteiger partial charge >= 0.3 is 0 Å². The monoisotopic (exact) mass is 143 g/mol. The van der Waals surface area contributed by atoms with Crippen LogP contribution in [0.1, 0.15) is 13.8 Å². The van der Waals surface area contributed by atoms with Crippen molar-refractivity contribution in [2.45, 2.75) is 26.2 Å². The molecule has 0 bridgehead atoms. The van der Waals surface area contributed by atoms with Crippen LogP contribution >= 0.6 is 0 Å². The lowest BCUT2D eigenvalue weighted by molar-refractivity contribution is -0.123. The molecule has 0 aliphatic carbocycles. The summed E-state index contributed by atoms with van der Waals surface area (Å²) < 4.78 is 5.03. The minimum atomic E-state index is -0.176. The number of hydrogen-bond acceptors (Lipinski definition) is 3. The van der Waals surface area contributed by atoms with E-state index in [1.165, 1.54) is 0 Å². The number of likely N-dealkylation sites (N-methyl/N-ethyl adjacent to an activating group) is 1. The number of hydrogen-bond donors (Lipinski definition) is 1. The summed E-state index contributed by atoms with van der Waals surface area (Å²) in [5.41, 5.74) is 0. The third-order valence-corrected chi connectivity index (χ3v) is 1.63.